The number of fused-ring (bicyclic) bond motifs is 1. The molecule has 1 aliphatic heterocycles. The molecule has 0 radical (unpaired) electrons. The van der Waals surface area contributed by atoms with Gasteiger partial charge in [0.2, 0.25) is 11.8 Å². The van der Waals surface area contributed by atoms with Crippen molar-refractivity contribution in [1.29, 1.82) is 0 Å². The molecule has 158 valence electrons. The lowest BCUT2D eigenvalue weighted by Gasteiger charge is -2.16. The van der Waals surface area contributed by atoms with Crippen LogP contribution in [0.25, 0.3) is 0 Å². The maximum atomic E-state index is 12.4. The largest absolute Gasteiger partial charge is 0.456 e. The zero-order valence-electron chi connectivity index (χ0n) is 16.6. The number of esters is 1. The first-order chi connectivity index (χ1) is 15.0. The molecule has 2 heterocycles. The number of nitrogens with one attached hydrogen (secondary N) is 2. The summed E-state index contributed by atoms with van der Waals surface area (Å²) in [4.78, 5) is 41.4. The first kappa shape index (κ1) is 21.1. The van der Waals surface area contributed by atoms with E-state index in [0.717, 1.165) is 16.1 Å². The fraction of sp³-hybridized carbons (Fsp3) is 0.182. The Balaban J connectivity index is 1.30. The van der Waals surface area contributed by atoms with Crippen LogP contribution in [-0.4, -0.2) is 28.5 Å². The SMILES string of the molecule is Cc1ccc(NC(=O)Cc2nc(COC(=O)c3ccc4c(c3)NC(=O)CS4)cs2)cc1. The molecule has 1 aromatic heterocycles. The molecule has 0 aliphatic carbocycles. The van der Waals surface area contributed by atoms with Crippen LogP contribution in [-0.2, 0) is 27.4 Å². The van der Waals surface area contributed by atoms with Gasteiger partial charge < -0.3 is 15.4 Å². The highest BCUT2D eigenvalue weighted by Gasteiger charge is 2.18. The minimum Gasteiger partial charge on any atom is -0.456 e. The number of benzene rings is 2. The Morgan fingerprint density at radius 3 is 2.81 bits per heavy atom. The molecule has 2 N–H and O–H groups in total. The molecule has 0 unspecified atom stereocenters. The van der Waals surface area contributed by atoms with Gasteiger partial charge in [-0.05, 0) is 37.3 Å². The maximum Gasteiger partial charge on any atom is 0.338 e. The second-order valence-corrected chi connectivity index (χ2v) is 8.91. The molecule has 0 fully saturated rings. The first-order valence-electron chi connectivity index (χ1n) is 9.50. The van der Waals surface area contributed by atoms with E-state index in [9.17, 15) is 14.4 Å². The minimum atomic E-state index is -0.501. The predicted molar refractivity (Wildman–Crippen MR) is 121 cm³/mol. The van der Waals surface area contributed by atoms with Gasteiger partial charge in [0.15, 0.2) is 0 Å². The Labute approximate surface area is 187 Å². The van der Waals surface area contributed by atoms with Crippen LogP contribution in [0.1, 0.15) is 26.6 Å². The number of hydrogen-bond donors (Lipinski definition) is 2. The van der Waals surface area contributed by atoms with Crippen molar-refractivity contribution in [3.05, 3.63) is 69.7 Å². The molecule has 7 nitrogen and oxygen atoms in total. The summed E-state index contributed by atoms with van der Waals surface area (Å²) in [6, 6.07) is 12.7. The molecular formula is C22H19N3O4S2. The number of thioether (sulfide) groups is 1. The van der Waals surface area contributed by atoms with E-state index in [1.807, 2.05) is 31.2 Å². The highest BCUT2D eigenvalue weighted by Crippen LogP contribution is 2.32. The quantitative estimate of drug-likeness (QED) is 0.547. The lowest BCUT2D eigenvalue weighted by Crippen LogP contribution is -2.19. The number of ether oxygens (including phenoxy) is 1. The molecule has 4 rings (SSSR count). The van der Waals surface area contributed by atoms with Gasteiger partial charge in [-0.15, -0.1) is 23.1 Å². The Kier molecular flexibility index (Phi) is 6.34. The number of amides is 2. The molecule has 9 heteroatoms. The Bertz CT molecular complexity index is 1140. The average molecular weight is 454 g/mol. The molecule has 0 saturated carbocycles. The molecule has 3 aromatic rings. The second kappa shape index (κ2) is 9.32. The van der Waals surface area contributed by atoms with E-state index < -0.39 is 5.97 Å². The topological polar surface area (TPSA) is 97.4 Å². The summed E-state index contributed by atoms with van der Waals surface area (Å²) in [5.74, 6) is -0.383. The average Bonchev–Trinajstić information content (AvgIpc) is 3.20. The van der Waals surface area contributed by atoms with Crippen molar-refractivity contribution < 1.29 is 19.1 Å². The molecule has 0 spiro atoms. The number of carbonyl (C=O) groups excluding carboxylic acids is 3. The van der Waals surface area contributed by atoms with Crippen molar-refractivity contribution in [2.75, 3.05) is 16.4 Å². The predicted octanol–water partition coefficient (Wildman–Crippen LogP) is 4.03. The minimum absolute atomic E-state index is 0.00705. The zero-order chi connectivity index (χ0) is 21.8. The van der Waals surface area contributed by atoms with Crippen LogP contribution in [0.3, 0.4) is 0 Å². The molecule has 0 atom stereocenters. The van der Waals surface area contributed by atoms with Gasteiger partial charge in [0.25, 0.3) is 0 Å². The van der Waals surface area contributed by atoms with Crippen molar-refractivity contribution in [3.63, 3.8) is 0 Å². The Hall–Kier alpha value is -3.17. The number of thiazole rings is 1. The van der Waals surface area contributed by atoms with Gasteiger partial charge in [-0.1, -0.05) is 17.7 Å². The van der Waals surface area contributed by atoms with Crippen LogP contribution < -0.4 is 10.6 Å². The first-order valence-corrected chi connectivity index (χ1v) is 11.4. The number of aryl methyl sites for hydroxylation is 1. The third kappa shape index (κ3) is 5.50. The van der Waals surface area contributed by atoms with E-state index in [1.54, 1.807) is 23.6 Å². The summed E-state index contributed by atoms with van der Waals surface area (Å²) < 4.78 is 5.34. The monoisotopic (exact) mass is 453 g/mol. The molecule has 1 aliphatic rings. The Morgan fingerprint density at radius 2 is 2.00 bits per heavy atom. The highest BCUT2D eigenvalue weighted by atomic mass is 32.2. The van der Waals surface area contributed by atoms with Crippen LogP contribution in [0, 0.1) is 6.92 Å². The fourth-order valence-electron chi connectivity index (χ4n) is 2.91. The van der Waals surface area contributed by atoms with Crippen LogP contribution in [0.15, 0.2) is 52.7 Å². The van der Waals surface area contributed by atoms with E-state index in [-0.39, 0.29) is 24.8 Å². The van der Waals surface area contributed by atoms with Gasteiger partial charge >= 0.3 is 5.97 Å². The molecule has 2 amide bonds. The van der Waals surface area contributed by atoms with E-state index in [1.165, 1.54) is 23.1 Å². The van der Waals surface area contributed by atoms with Crippen molar-refractivity contribution in [2.45, 2.75) is 24.8 Å². The summed E-state index contributed by atoms with van der Waals surface area (Å²) in [5, 5.41) is 8.00. The van der Waals surface area contributed by atoms with Crippen LogP contribution in [0.5, 0.6) is 0 Å². The van der Waals surface area contributed by atoms with E-state index in [2.05, 4.69) is 15.6 Å². The van der Waals surface area contributed by atoms with Gasteiger partial charge in [0.05, 0.1) is 29.1 Å². The van der Waals surface area contributed by atoms with Gasteiger partial charge in [0.1, 0.15) is 11.6 Å². The third-order valence-electron chi connectivity index (χ3n) is 4.45. The van der Waals surface area contributed by atoms with Crippen LogP contribution in [0.2, 0.25) is 0 Å². The second-order valence-electron chi connectivity index (χ2n) is 6.95. The summed E-state index contributed by atoms with van der Waals surface area (Å²) in [6.07, 6.45) is 0.147. The number of hydrogen-bond acceptors (Lipinski definition) is 7. The smallest absolute Gasteiger partial charge is 0.338 e. The number of rotatable bonds is 6. The zero-order valence-corrected chi connectivity index (χ0v) is 18.3. The molecular weight excluding hydrogens is 434 g/mol. The summed E-state index contributed by atoms with van der Waals surface area (Å²) >= 11 is 2.77. The standard InChI is InChI=1S/C22H19N3O4S2/c1-13-2-5-15(6-3-13)23-19(26)9-21-24-16(11-31-21)10-29-22(28)14-4-7-18-17(8-14)25-20(27)12-30-18/h2-8,11H,9-10,12H2,1H3,(H,23,26)(H,25,27). The molecule has 0 bridgehead atoms. The van der Waals surface area contributed by atoms with E-state index in [0.29, 0.717) is 27.7 Å². The van der Waals surface area contributed by atoms with Gasteiger partial charge in [-0.3, -0.25) is 9.59 Å². The third-order valence-corrected chi connectivity index (χ3v) is 6.42. The lowest BCUT2D eigenvalue weighted by molar-refractivity contribution is -0.115. The van der Waals surface area contributed by atoms with Crippen LogP contribution >= 0.6 is 23.1 Å². The number of nitrogens with zero attached hydrogens (tertiary/aromatic N) is 1. The number of aromatic nitrogens is 1. The van der Waals surface area contributed by atoms with Crippen molar-refractivity contribution >= 4 is 52.3 Å². The van der Waals surface area contributed by atoms with Gasteiger partial charge in [-0.25, -0.2) is 9.78 Å². The van der Waals surface area contributed by atoms with E-state index >= 15 is 0 Å². The number of carbonyl (C=O) groups is 3. The van der Waals surface area contributed by atoms with Gasteiger partial charge in [0, 0.05) is 16.0 Å². The van der Waals surface area contributed by atoms with Crippen molar-refractivity contribution in [2.24, 2.45) is 0 Å². The molecule has 2 aromatic carbocycles. The summed E-state index contributed by atoms with van der Waals surface area (Å²) in [5.41, 5.74) is 3.41. The van der Waals surface area contributed by atoms with Crippen molar-refractivity contribution in [3.8, 4) is 0 Å². The Morgan fingerprint density at radius 1 is 1.19 bits per heavy atom. The maximum absolute atomic E-state index is 12.4. The highest BCUT2D eigenvalue weighted by molar-refractivity contribution is 8.00. The number of anilines is 2. The van der Waals surface area contributed by atoms with Crippen molar-refractivity contribution in [1.82, 2.24) is 4.98 Å². The normalized spacial score (nSPS) is 12.6. The fourth-order valence-corrected chi connectivity index (χ4v) is 4.47. The lowest BCUT2D eigenvalue weighted by atomic mass is 10.2. The molecule has 0 saturated heterocycles. The van der Waals surface area contributed by atoms with Gasteiger partial charge in [-0.2, -0.15) is 0 Å². The summed E-state index contributed by atoms with van der Waals surface area (Å²) in [7, 11) is 0. The van der Waals surface area contributed by atoms with Crippen LogP contribution in [0.4, 0.5) is 11.4 Å². The van der Waals surface area contributed by atoms with E-state index in [4.69, 9.17) is 4.74 Å². The summed E-state index contributed by atoms with van der Waals surface area (Å²) in [6.45, 7) is 1.99. The molecule has 31 heavy (non-hydrogen) atoms.